The molecule has 0 aromatic carbocycles. The number of nitrogens with zero attached hydrogens (tertiary/aromatic N) is 3. The second kappa shape index (κ2) is 9.16. The number of carbonyl (C=O) groups excluding carboxylic acids is 3. The smallest absolute Gasteiger partial charge is 0.354 e. The van der Waals surface area contributed by atoms with Crippen molar-refractivity contribution in [2.45, 2.75) is 13.8 Å². The minimum Gasteiger partial charge on any atom is -0.464 e. The van der Waals surface area contributed by atoms with Crippen molar-refractivity contribution in [2.75, 3.05) is 40.8 Å². The number of aromatic nitrogens is 1. The molecule has 0 aliphatic rings. The number of likely N-dealkylation sites (N-methyl/N-ethyl adjacent to an activating group) is 1. The molecule has 2 heterocycles. The van der Waals surface area contributed by atoms with Gasteiger partial charge < -0.3 is 19.1 Å². The standard InChI is InChI=1S/C20H27N3O4S/c1-13-17(14(2)22(5)18(13)20(26)27-6)15(24)12-23(10-9-21(3)4)19(25)16-8-7-11-28-16/h7-8,11H,9-10,12H2,1-6H3. The minimum atomic E-state index is -0.485. The molecule has 0 saturated heterocycles. The SMILES string of the molecule is COC(=O)c1c(C)c(C(=O)CN(CCN(C)C)C(=O)c2cccs2)c(C)n1C. The fraction of sp³-hybridized carbons (Fsp3) is 0.450. The molecule has 28 heavy (non-hydrogen) atoms. The number of carbonyl (C=O) groups is 3. The molecule has 0 saturated carbocycles. The number of amides is 1. The summed E-state index contributed by atoms with van der Waals surface area (Å²) in [7, 11) is 6.88. The third-order valence-electron chi connectivity index (χ3n) is 4.76. The Morgan fingerprint density at radius 1 is 1.18 bits per heavy atom. The summed E-state index contributed by atoms with van der Waals surface area (Å²) in [6.45, 7) is 4.56. The van der Waals surface area contributed by atoms with Crippen LogP contribution < -0.4 is 0 Å². The van der Waals surface area contributed by atoms with Crippen LogP contribution in [0.15, 0.2) is 17.5 Å². The zero-order chi connectivity index (χ0) is 21.0. The molecule has 0 bridgehead atoms. The molecule has 0 atom stereocenters. The summed E-state index contributed by atoms with van der Waals surface area (Å²) in [6, 6.07) is 3.58. The number of hydrogen-bond acceptors (Lipinski definition) is 6. The van der Waals surface area contributed by atoms with Gasteiger partial charge in [-0.1, -0.05) is 6.07 Å². The quantitative estimate of drug-likeness (QED) is 0.498. The van der Waals surface area contributed by atoms with Gasteiger partial charge in [0, 0.05) is 31.4 Å². The maximum atomic E-state index is 13.1. The highest BCUT2D eigenvalue weighted by atomic mass is 32.1. The summed E-state index contributed by atoms with van der Waals surface area (Å²) in [4.78, 5) is 42.2. The van der Waals surface area contributed by atoms with Crippen LogP contribution in [0.1, 0.15) is 41.8 Å². The van der Waals surface area contributed by atoms with Crippen molar-refractivity contribution in [3.05, 3.63) is 44.9 Å². The van der Waals surface area contributed by atoms with Crippen molar-refractivity contribution in [3.63, 3.8) is 0 Å². The number of thiophene rings is 1. The summed E-state index contributed by atoms with van der Waals surface area (Å²) < 4.78 is 6.51. The van der Waals surface area contributed by atoms with E-state index < -0.39 is 5.97 Å². The van der Waals surface area contributed by atoms with Gasteiger partial charge in [0.2, 0.25) is 0 Å². The topological polar surface area (TPSA) is 71.9 Å². The minimum absolute atomic E-state index is 0.0448. The molecule has 0 aliphatic carbocycles. The number of hydrogen-bond donors (Lipinski definition) is 0. The van der Waals surface area contributed by atoms with Crippen LogP contribution in [0.2, 0.25) is 0 Å². The average molecular weight is 406 g/mol. The Kier molecular flexibility index (Phi) is 7.15. The summed E-state index contributed by atoms with van der Waals surface area (Å²) in [5.74, 6) is -0.838. The van der Waals surface area contributed by atoms with Crippen LogP contribution >= 0.6 is 11.3 Å². The van der Waals surface area contributed by atoms with E-state index in [0.29, 0.717) is 40.5 Å². The van der Waals surface area contributed by atoms with Crippen LogP contribution in [-0.2, 0) is 11.8 Å². The van der Waals surface area contributed by atoms with Gasteiger partial charge in [-0.2, -0.15) is 0 Å². The fourth-order valence-corrected chi connectivity index (χ4v) is 3.85. The maximum absolute atomic E-state index is 13.1. The third-order valence-corrected chi connectivity index (χ3v) is 5.62. The Bertz CT molecular complexity index is 869. The molecule has 0 unspecified atom stereocenters. The highest BCUT2D eigenvalue weighted by molar-refractivity contribution is 7.12. The number of ketones is 1. The highest BCUT2D eigenvalue weighted by Gasteiger charge is 2.28. The van der Waals surface area contributed by atoms with Gasteiger partial charge in [0.05, 0.1) is 18.5 Å². The molecule has 2 aromatic heterocycles. The first-order valence-electron chi connectivity index (χ1n) is 8.93. The summed E-state index contributed by atoms with van der Waals surface area (Å²) in [6.07, 6.45) is 0. The van der Waals surface area contributed by atoms with Gasteiger partial charge >= 0.3 is 5.97 Å². The lowest BCUT2D eigenvalue weighted by Crippen LogP contribution is -2.40. The third kappa shape index (κ3) is 4.51. The van der Waals surface area contributed by atoms with Gasteiger partial charge in [0.25, 0.3) is 5.91 Å². The summed E-state index contributed by atoms with van der Waals surface area (Å²) >= 11 is 1.35. The Labute approximate surface area is 169 Å². The zero-order valence-electron chi connectivity index (χ0n) is 17.2. The van der Waals surface area contributed by atoms with Gasteiger partial charge in [0.1, 0.15) is 5.69 Å². The molecule has 2 rings (SSSR count). The van der Waals surface area contributed by atoms with Crippen LogP contribution in [0.4, 0.5) is 0 Å². The monoisotopic (exact) mass is 405 g/mol. The molecule has 7 nitrogen and oxygen atoms in total. The fourth-order valence-electron chi connectivity index (χ4n) is 3.16. The van der Waals surface area contributed by atoms with Gasteiger partial charge in [-0.25, -0.2) is 4.79 Å². The molecular weight excluding hydrogens is 378 g/mol. The normalized spacial score (nSPS) is 11.0. The first-order valence-corrected chi connectivity index (χ1v) is 9.81. The van der Waals surface area contributed by atoms with Crippen molar-refractivity contribution in [1.82, 2.24) is 14.4 Å². The van der Waals surface area contributed by atoms with E-state index in [-0.39, 0.29) is 18.2 Å². The van der Waals surface area contributed by atoms with E-state index in [4.69, 9.17) is 4.74 Å². The van der Waals surface area contributed by atoms with E-state index in [1.54, 1.807) is 36.4 Å². The lowest BCUT2D eigenvalue weighted by Gasteiger charge is -2.23. The number of rotatable bonds is 8. The summed E-state index contributed by atoms with van der Waals surface area (Å²) in [5, 5.41) is 1.84. The van der Waals surface area contributed by atoms with Gasteiger partial charge in [-0.3, -0.25) is 9.59 Å². The van der Waals surface area contributed by atoms with E-state index in [0.717, 1.165) is 0 Å². The van der Waals surface area contributed by atoms with Gasteiger partial charge in [0.15, 0.2) is 5.78 Å². The second-order valence-corrected chi connectivity index (χ2v) is 7.86. The number of Topliss-reactive ketones (excluding diaryl/α,β-unsaturated/α-hetero) is 1. The van der Waals surface area contributed by atoms with Crippen LogP contribution in [0.5, 0.6) is 0 Å². The zero-order valence-corrected chi connectivity index (χ0v) is 18.1. The predicted octanol–water partition coefficient (Wildman–Crippen LogP) is 2.38. The first-order chi connectivity index (χ1) is 13.2. The van der Waals surface area contributed by atoms with E-state index >= 15 is 0 Å². The van der Waals surface area contributed by atoms with Crippen LogP contribution in [-0.4, -0.2) is 72.9 Å². The number of methoxy groups -OCH3 is 1. The molecule has 2 aromatic rings. The second-order valence-electron chi connectivity index (χ2n) is 6.92. The van der Waals surface area contributed by atoms with Crippen molar-refractivity contribution in [2.24, 2.45) is 7.05 Å². The molecular formula is C20H27N3O4S. The molecule has 0 radical (unpaired) electrons. The van der Waals surface area contributed by atoms with E-state index in [2.05, 4.69) is 0 Å². The van der Waals surface area contributed by atoms with E-state index in [1.807, 2.05) is 30.4 Å². The molecule has 152 valence electrons. The number of esters is 1. The van der Waals surface area contributed by atoms with Crippen molar-refractivity contribution in [3.8, 4) is 0 Å². The van der Waals surface area contributed by atoms with E-state index in [9.17, 15) is 14.4 Å². The maximum Gasteiger partial charge on any atom is 0.354 e. The average Bonchev–Trinajstić information content (AvgIpc) is 3.25. The summed E-state index contributed by atoms with van der Waals surface area (Å²) in [5.41, 5.74) is 2.08. The van der Waals surface area contributed by atoms with Crippen LogP contribution in [0.3, 0.4) is 0 Å². The molecule has 8 heteroatoms. The molecule has 0 aliphatic heterocycles. The Morgan fingerprint density at radius 3 is 2.39 bits per heavy atom. The Hall–Kier alpha value is -2.45. The van der Waals surface area contributed by atoms with Crippen molar-refractivity contribution in [1.29, 1.82) is 0 Å². The van der Waals surface area contributed by atoms with Crippen LogP contribution in [0, 0.1) is 13.8 Å². The van der Waals surface area contributed by atoms with Crippen molar-refractivity contribution < 1.29 is 19.1 Å². The highest BCUT2D eigenvalue weighted by Crippen LogP contribution is 2.23. The molecule has 0 N–H and O–H groups in total. The lowest BCUT2D eigenvalue weighted by atomic mass is 10.1. The Morgan fingerprint density at radius 2 is 1.86 bits per heavy atom. The van der Waals surface area contributed by atoms with Gasteiger partial charge in [-0.05, 0) is 45.0 Å². The predicted molar refractivity (Wildman–Crippen MR) is 109 cm³/mol. The molecule has 1 amide bonds. The van der Waals surface area contributed by atoms with Crippen LogP contribution in [0.25, 0.3) is 0 Å². The lowest BCUT2D eigenvalue weighted by molar-refractivity contribution is 0.0588. The first kappa shape index (κ1) is 21.8. The van der Waals surface area contributed by atoms with E-state index in [1.165, 1.54) is 18.4 Å². The largest absolute Gasteiger partial charge is 0.464 e. The van der Waals surface area contributed by atoms with Crippen molar-refractivity contribution >= 4 is 29.0 Å². The molecule has 0 spiro atoms. The Balaban J connectivity index is 2.33. The van der Waals surface area contributed by atoms with Gasteiger partial charge in [-0.15, -0.1) is 11.3 Å². The number of ether oxygens (including phenoxy) is 1. The molecule has 0 fully saturated rings.